The van der Waals surface area contributed by atoms with E-state index >= 15 is 0 Å². The van der Waals surface area contributed by atoms with Crippen LogP contribution in [0, 0.1) is 12.7 Å². The summed E-state index contributed by atoms with van der Waals surface area (Å²) in [5.41, 5.74) is 2.26. The molecule has 0 unspecified atom stereocenters. The zero-order valence-corrected chi connectivity index (χ0v) is 16.4. The number of halogens is 2. The van der Waals surface area contributed by atoms with Gasteiger partial charge in [0.25, 0.3) is 5.91 Å². The fourth-order valence-corrected chi connectivity index (χ4v) is 3.46. The van der Waals surface area contributed by atoms with Crippen LogP contribution in [0.3, 0.4) is 0 Å². The minimum Gasteiger partial charge on any atom is -0.478 e. The summed E-state index contributed by atoms with van der Waals surface area (Å²) in [5, 5.41) is 0.707. The molecule has 0 aromatic heterocycles. The van der Waals surface area contributed by atoms with Crippen molar-refractivity contribution in [3.63, 3.8) is 0 Å². The van der Waals surface area contributed by atoms with E-state index in [2.05, 4.69) is 11.8 Å². The van der Waals surface area contributed by atoms with E-state index < -0.39 is 11.9 Å². The molecule has 0 aliphatic carbocycles. The smallest absolute Gasteiger partial charge is 0.263 e. The van der Waals surface area contributed by atoms with Gasteiger partial charge in [-0.3, -0.25) is 4.79 Å². The fraction of sp³-hybridized carbons (Fsp3) is 0.381. The number of aryl methyl sites for hydroxylation is 1. The first kappa shape index (κ1) is 19.5. The molecule has 1 aliphatic heterocycles. The van der Waals surface area contributed by atoms with E-state index in [0.29, 0.717) is 24.5 Å². The molecule has 144 valence electrons. The third-order valence-electron chi connectivity index (χ3n) is 4.86. The summed E-state index contributed by atoms with van der Waals surface area (Å²) in [4.78, 5) is 16.9. The van der Waals surface area contributed by atoms with Crippen LogP contribution in [0.15, 0.2) is 42.5 Å². The van der Waals surface area contributed by atoms with Crippen LogP contribution in [-0.4, -0.2) is 43.1 Å². The van der Waals surface area contributed by atoms with Gasteiger partial charge in [0, 0.05) is 36.9 Å². The van der Waals surface area contributed by atoms with Crippen LogP contribution in [0.4, 0.5) is 10.1 Å². The fourth-order valence-electron chi connectivity index (χ4n) is 3.30. The van der Waals surface area contributed by atoms with Gasteiger partial charge in [0.1, 0.15) is 0 Å². The van der Waals surface area contributed by atoms with Gasteiger partial charge in [-0.15, -0.1) is 0 Å². The number of nitrogens with zero attached hydrogens (tertiary/aromatic N) is 2. The molecule has 4 nitrogen and oxygen atoms in total. The Kier molecular flexibility index (Phi) is 6.22. The highest BCUT2D eigenvalue weighted by Gasteiger charge is 2.28. The molecule has 27 heavy (non-hydrogen) atoms. The van der Waals surface area contributed by atoms with Crippen LogP contribution in [0.1, 0.15) is 18.9 Å². The second-order valence-electron chi connectivity index (χ2n) is 6.69. The number of amides is 1. The summed E-state index contributed by atoms with van der Waals surface area (Å²) < 4.78 is 19.5. The predicted octanol–water partition coefficient (Wildman–Crippen LogP) is 4.29. The van der Waals surface area contributed by atoms with Gasteiger partial charge in [0.15, 0.2) is 17.7 Å². The Balaban J connectivity index is 1.63. The maximum atomic E-state index is 13.8. The van der Waals surface area contributed by atoms with Crippen molar-refractivity contribution in [1.82, 2.24) is 4.90 Å². The highest BCUT2D eigenvalue weighted by molar-refractivity contribution is 6.30. The van der Waals surface area contributed by atoms with Crippen molar-refractivity contribution < 1.29 is 13.9 Å². The van der Waals surface area contributed by atoms with Gasteiger partial charge in [-0.25, -0.2) is 4.39 Å². The minimum atomic E-state index is -0.679. The van der Waals surface area contributed by atoms with Gasteiger partial charge in [0.05, 0.1) is 0 Å². The van der Waals surface area contributed by atoms with Crippen molar-refractivity contribution in [2.45, 2.75) is 26.4 Å². The summed E-state index contributed by atoms with van der Waals surface area (Å²) in [6, 6.07) is 12.0. The average Bonchev–Trinajstić information content (AvgIpc) is 2.69. The van der Waals surface area contributed by atoms with Crippen molar-refractivity contribution in [2.75, 3.05) is 31.1 Å². The number of hydrogen-bond donors (Lipinski definition) is 0. The molecular weight excluding hydrogens is 367 g/mol. The molecule has 1 heterocycles. The van der Waals surface area contributed by atoms with E-state index in [1.54, 1.807) is 23.1 Å². The lowest BCUT2D eigenvalue weighted by Crippen LogP contribution is -2.52. The number of carbonyl (C=O) groups is 1. The lowest BCUT2D eigenvalue weighted by Gasteiger charge is -2.38. The largest absolute Gasteiger partial charge is 0.478 e. The quantitative estimate of drug-likeness (QED) is 0.763. The van der Waals surface area contributed by atoms with E-state index in [0.717, 1.165) is 24.3 Å². The van der Waals surface area contributed by atoms with Crippen molar-refractivity contribution >= 4 is 23.2 Å². The molecule has 0 N–H and O–H groups in total. The SMILES string of the molecule is CC[C@@H](Oc1ccccc1F)C(=O)N1CCN(c2cc(Cl)ccc2C)CC1. The number of hydrogen-bond acceptors (Lipinski definition) is 3. The number of para-hydroxylation sites is 1. The maximum Gasteiger partial charge on any atom is 0.263 e. The Hall–Kier alpha value is -2.27. The van der Waals surface area contributed by atoms with Crippen LogP contribution in [0.5, 0.6) is 5.75 Å². The first-order chi connectivity index (χ1) is 13.0. The van der Waals surface area contributed by atoms with Gasteiger partial charge in [0.2, 0.25) is 0 Å². The van der Waals surface area contributed by atoms with Crippen molar-refractivity contribution in [3.8, 4) is 5.75 Å². The van der Waals surface area contributed by atoms with Gasteiger partial charge in [-0.2, -0.15) is 0 Å². The van der Waals surface area contributed by atoms with E-state index in [-0.39, 0.29) is 11.7 Å². The normalized spacial score (nSPS) is 15.6. The lowest BCUT2D eigenvalue weighted by atomic mass is 10.1. The van der Waals surface area contributed by atoms with Crippen LogP contribution in [0.25, 0.3) is 0 Å². The third-order valence-corrected chi connectivity index (χ3v) is 5.09. The Labute approximate surface area is 164 Å². The Morgan fingerprint density at radius 2 is 1.89 bits per heavy atom. The maximum absolute atomic E-state index is 13.8. The second kappa shape index (κ2) is 8.61. The molecule has 0 saturated carbocycles. The molecule has 1 amide bonds. The average molecular weight is 391 g/mol. The van der Waals surface area contributed by atoms with E-state index in [9.17, 15) is 9.18 Å². The Morgan fingerprint density at radius 1 is 1.19 bits per heavy atom. The van der Waals surface area contributed by atoms with E-state index in [1.807, 2.05) is 25.1 Å². The van der Waals surface area contributed by atoms with Crippen LogP contribution >= 0.6 is 11.6 Å². The molecule has 1 atom stereocenters. The standard InChI is InChI=1S/C21H24ClFN2O2/c1-3-19(27-20-7-5-4-6-17(20)23)21(26)25-12-10-24(11-13-25)18-14-16(22)9-8-15(18)2/h4-9,14,19H,3,10-13H2,1-2H3/t19-/m1/s1. The lowest BCUT2D eigenvalue weighted by molar-refractivity contribution is -0.139. The first-order valence-corrected chi connectivity index (χ1v) is 9.58. The van der Waals surface area contributed by atoms with Gasteiger partial charge < -0.3 is 14.5 Å². The van der Waals surface area contributed by atoms with Gasteiger partial charge in [-0.05, 0) is 43.2 Å². The first-order valence-electron chi connectivity index (χ1n) is 9.20. The molecule has 0 bridgehead atoms. The Morgan fingerprint density at radius 3 is 2.56 bits per heavy atom. The molecule has 0 spiro atoms. The number of ether oxygens (including phenoxy) is 1. The highest BCUT2D eigenvalue weighted by atomic mass is 35.5. The molecule has 1 fully saturated rings. The van der Waals surface area contributed by atoms with Gasteiger partial charge in [-0.1, -0.05) is 36.7 Å². The summed E-state index contributed by atoms with van der Waals surface area (Å²) >= 11 is 6.13. The summed E-state index contributed by atoms with van der Waals surface area (Å²) in [5.74, 6) is -0.431. The number of piperazine rings is 1. The number of carbonyl (C=O) groups excluding carboxylic acids is 1. The van der Waals surface area contributed by atoms with E-state index in [1.165, 1.54) is 6.07 Å². The molecule has 0 radical (unpaired) electrons. The molecule has 3 rings (SSSR count). The van der Waals surface area contributed by atoms with Crippen molar-refractivity contribution in [2.24, 2.45) is 0 Å². The number of benzene rings is 2. The topological polar surface area (TPSA) is 32.8 Å². The zero-order chi connectivity index (χ0) is 19.4. The van der Waals surface area contributed by atoms with Crippen LogP contribution in [0.2, 0.25) is 5.02 Å². The molecule has 1 saturated heterocycles. The molecule has 1 aliphatic rings. The third kappa shape index (κ3) is 4.53. The molecular formula is C21H24ClFN2O2. The zero-order valence-electron chi connectivity index (χ0n) is 15.6. The molecule has 6 heteroatoms. The predicted molar refractivity (Wildman–Crippen MR) is 106 cm³/mol. The van der Waals surface area contributed by atoms with Gasteiger partial charge >= 0.3 is 0 Å². The number of rotatable bonds is 5. The van der Waals surface area contributed by atoms with Crippen LogP contribution in [-0.2, 0) is 4.79 Å². The Bertz CT molecular complexity index is 807. The van der Waals surface area contributed by atoms with Crippen molar-refractivity contribution in [3.05, 3.63) is 58.9 Å². The van der Waals surface area contributed by atoms with Crippen molar-refractivity contribution in [1.29, 1.82) is 0 Å². The second-order valence-corrected chi connectivity index (χ2v) is 7.12. The van der Waals surface area contributed by atoms with E-state index in [4.69, 9.17) is 16.3 Å². The summed E-state index contributed by atoms with van der Waals surface area (Å²) in [6.07, 6.45) is -0.192. The molecule has 2 aromatic carbocycles. The summed E-state index contributed by atoms with van der Waals surface area (Å²) in [7, 11) is 0. The summed E-state index contributed by atoms with van der Waals surface area (Å²) in [6.45, 7) is 6.57. The number of anilines is 1. The highest BCUT2D eigenvalue weighted by Crippen LogP contribution is 2.26. The van der Waals surface area contributed by atoms with Crippen LogP contribution < -0.4 is 9.64 Å². The molecule has 2 aromatic rings. The minimum absolute atomic E-state index is 0.0942. The monoisotopic (exact) mass is 390 g/mol.